The Balaban J connectivity index is 2.52. The Hall–Kier alpha value is -2.29. The number of amides is 1. The smallest absolute Gasteiger partial charge is 0.252 e. The van der Waals surface area contributed by atoms with Gasteiger partial charge >= 0.3 is 0 Å². The minimum absolute atomic E-state index is 0.422. The lowest BCUT2D eigenvalue weighted by molar-refractivity contribution is 0.0998. The fourth-order valence-electron chi connectivity index (χ4n) is 2.12. The zero-order valence-corrected chi connectivity index (χ0v) is 12.1. The zero-order chi connectivity index (χ0) is 14.7. The fourth-order valence-corrected chi connectivity index (χ4v) is 2.12. The summed E-state index contributed by atoms with van der Waals surface area (Å²) in [4.78, 5) is 11.6. The molecule has 0 radical (unpaired) electrons. The first kappa shape index (κ1) is 14.1. The van der Waals surface area contributed by atoms with Gasteiger partial charge in [-0.25, -0.2) is 0 Å². The van der Waals surface area contributed by atoms with Crippen LogP contribution >= 0.6 is 0 Å². The third-order valence-electron chi connectivity index (χ3n) is 3.51. The molecule has 2 rings (SSSR count). The van der Waals surface area contributed by atoms with Gasteiger partial charge in [0.15, 0.2) is 0 Å². The van der Waals surface area contributed by atoms with Crippen LogP contribution in [0.1, 0.15) is 34.0 Å². The first-order chi connectivity index (χ1) is 9.54. The maximum atomic E-state index is 11.6. The lowest BCUT2D eigenvalue weighted by atomic mass is 10.1. The summed E-state index contributed by atoms with van der Waals surface area (Å²) in [7, 11) is 0. The molecule has 0 fully saturated rings. The fraction of sp³-hybridized carbons (Fsp3) is 0.235. The molecule has 0 spiro atoms. The molecular weight excluding hydrogens is 250 g/mol. The number of hydrogen-bond donors (Lipinski definition) is 1. The Morgan fingerprint density at radius 3 is 2.50 bits per heavy atom. The predicted octanol–water partition coefficient (Wildman–Crippen LogP) is 3.76. The molecule has 0 heterocycles. The van der Waals surface area contributed by atoms with Crippen LogP contribution in [0.25, 0.3) is 0 Å². The number of carbonyl (C=O) groups is 1. The second-order valence-electron chi connectivity index (χ2n) is 4.81. The Bertz CT molecular complexity index is 647. The molecule has 2 aromatic carbocycles. The van der Waals surface area contributed by atoms with Crippen LogP contribution in [0, 0.1) is 13.8 Å². The van der Waals surface area contributed by atoms with Crippen LogP contribution in [-0.4, -0.2) is 5.91 Å². The molecule has 0 aliphatic carbocycles. The summed E-state index contributed by atoms with van der Waals surface area (Å²) >= 11 is 0. The molecule has 1 amide bonds. The van der Waals surface area contributed by atoms with E-state index in [9.17, 15) is 4.79 Å². The van der Waals surface area contributed by atoms with Gasteiger partial charge in [0.1, 0.15) is 11.5 Å². The molecule has 0 aromatic heterocycles. The van der Waals surface area contributed by atoms with Crippen LogP contribution in [0.5, 0.6) is 11.5 Å². The van der Waals surface area contributed by atoms with E-state index in [1.165, 1.54) is 0 Å². The van der Waals surface area contributed by atoms with Crippen LogP contribution in [0.2, 0.25) is 0 Å². The number of rotatable bonds is 4. The van der Waals surface area contributed by atoms with E-state index in [2.05, 4.69) is 0 Å². The topological polar surface area (TPSA) is 52.3 Å². The second kappa shape index (κ2) is 5.78. The predicted molar refractivity (Wildman–Crippen MR) is 80.3 cm³/mol. The van der Waals surface area contributed by atoms with E-state index < -0.39 is 5.91 Å². The first-order valence-corrected chi connectivity index (χ1v) is 6.70. The number of hydrogen-bond acceptors (Lipinski definition) is 2. The SMILES string of the molecule is CCc1cccc(C(N)=O)c1Oc1cccc(C)c1C. The number of nitrogens with two attached hydrogens (primary N) is 1. The summed E-state index contributed by atoms with van der Waals surface area (Å²) in [6.07, 6.45) is 0.779. The van der Waals surface area contributed by atoms with Crippen molar-refractivity contribution in [2.75, 3.05) is 0 Å². The van der Waals surface area contributed by atoms with Gasteiger partial charge in [0, 0.05) is 0 Å². The third kappa shape index (κ3) is 2.67. The van der Waals surface area contributed by atoms with E-state index in [-0.39, 0.29) is 0 Å². The third-order valence-corrected chi connectivity index (χ3v) is 3.51. The molecule has 2 N–H and O–H groups in total. The van der Waals surface area contributed by atoms with E-state index in [0.29, 0.717) is 11.3 Å². The van der Waals surface area contributed by atoms with Crippen LogP contribution in [0.3, 0.4) is 0 Å². The Kier molecular flexibility index (Phi) is 4.08. The standard InChI is InChI=1S/C17H19NO2/c1-4-13-8-6-9-14(17(18)19)16(13)20-15-10-5-7-11(2)12(15)3/h5-10H,4H2,1-3H3,(H2,18,19). The molecule has 0 saturated heterocycles. The van der Waals surface area contributed by atoms with Crippen molar-refractivity contribution in [3.05, 3.63) is 58.7 Å². The van der Waals surface area contributed by atoms with Gasteiger partial charge in [-0.3, -0.25) is 4.79 Å². The molecule has 0 atom stereocenters. The van der Waals surface area contributed by atoms with Crippen molar-refractivity contribution in [1.82, 2.24) is 0 Å². The molecule has 0 unspecified atom stereocenters. The highest BCUT2D eigenvalue weighted by Crippen LogP contribution is 2.32. The number of carbonyl (C=O) groups excluding carboxylic acids is 1. The van der Waals surface area contributed by atoms with Crippen molar-refractivity contribution in [3.63, 3.8) is 0 Å². The zero-order valence-electron chi connectivity index (χ0n) is 12.1. The van der Waals surface area contributed by atoms with Crippen LogP contribution in [0.15, 0.2) is 36.4 Å². The number of aryl methyl sites for hydroxylation is 2. The summed E-state index contributed by atoms with van der Waals surface area (Å²) in [5.74, 6) is 0.852. The van der Waals surface area contributed by atoms with Crippen molar-refractivity contribution < 1.29 is 9.53 Å². The minimum Gasteiger partial charge on any atom is -0.456 e. The lowest BCUT2D eigenvalue weighted by Gasteiger charge is -2.15. The normalized spacial score (nSPS) is 10.3. The molecule has 104 valence electrons. The van der Waals surface area contributed by atoms with Crippen LogP contribution < -0.4 is 10.5 Å². The molecule has 0 aliphatic heterocycles. The highest BCUT2D eigenvalue weighted by Gasteiger charge is 2.15. The van der Waals surface area contributed by atoms with Crippen molar-refractivity contribution in [1.29, 1.82) is 0 Å². The van der Waals surface area contributed by atoms with Gasteiger partial charge in [-0.15, -0.1) is 0 Å². The van der Waals surface area contributed by atoms with Crippen molar-refractivity contribution in [2.45, 2.75) is 27.2 Å². The lowest BCUT2D eigenvalue weighted by Crippen LogP contribution is -2.13. The summed E-state index contributed by atoms with van der Waals surface area (Å²) in [5.41, 5.74) is 9.05. The molecule has 20 heavy (non-hydrogen) atoms. The summed E-state index contributed by atoms with van der Waals surface area (Å²) in [5, 5.41) is 0. The van der Waals surface area contributed by atoms with E-state index in [1.807, 2.05) is 51.1 Å². The van der Waals surface area contributed by atoms with Gasteiger partial charge in [0.2, 0.25) is 0 Å². The summed E-state index contributed by atoms with van der Waals surface area (Å²) in [6.45, 7) is 6.06. The maximum Gasteiger partial charge on any atom is 0.252 e. The van der Waals surface area contributed by atoms with E-state index in [0.717, 1.165) is 28.9 Å². The van der Waals surface area contributed by atoms with E-state index in [1.54, 1.807) is 6.07 Å². The number of benzene rings is 2. The molecular formula is C17H19NO2. The van der Waals surface area contributed by atoms with Gasteiger partial charge in [-0.1, -0.05) is 31.2 Å². The van der Waals surface area contributed by atoms with Crippen LogP contribution in [-0.2, 0) is 6.42 Å². The number of para-hydroxylation sites is 1. The van der Waals surface area contributed by atoms with E-state index >= 15 is 0 Å². The first-order valence-electron chi connectivity index (χ1n) is 6.70. The van der Waals surface area contributed by atoms with Gasteiger partial charge in [-0.2, -0.15) is 0 Å². The highest BCUT2D eigenvalue weighted by molar-refractivity contribution is 5.96. The average molecular weight is 269 g/mol. The maximum absolute atomic E-state index is 11.6. The molecule has 0 aliphatic rings. The Labute approximate surface area is 119 Å². The number of primary amides is 1. The molecule has 2 aromatic rings. The Morgan fingerprint density at radius 1 is 1.15 bits per heavy atom. The van der Waals surface area contributed by atoms with Crippen LogP contribution in [0.4, 0.5) is 0 Å². The minimum atomic E-state index is -0.472. The quantitative estimate of drug-likeness (QED) is 0.918. The summed E-state index contributed by atoms with van der Waals surface area (Å²) in [6, 6.07) is 11.3. The highest BCUT2D eigenvalue weighted by atomic mass is 16.5. The molecule has 0 bridgehead atoms. The molecule has 0 saturated carbocycles. The van der Waals surface area contributed by atoms with Gasteiger partial charge in [-0.05, 0) is 49.1 Å². The average Bonchev–Trinajstić information content (AvgIpc) is 2.43. The van der Waals surface area contributed by atoms with Gasteiger partial charge in [0.25, 0.3) is 5.91 Å². The number of ether oxygens (including phenoxy) is 1. The van der Waals surface area contributed by atoms with Crippen molar-refractivity contribution in [3.8, 4) is 11.5 Å². The van der Waals surface area contributed by atoms with Crippen molar-refractivity contribution in [2.24, 2.45) is 5.73 Å². The molecule has 3 heteroatoms. The van der Waals surface area contributed by atoms with Crippen molar-refractivity contribution >= 4 is 5.91 Å². The molecule has 3 nitrogen and oxygen atoms in total. The monoisotopic (exact) mass is 269 g/mol. The van der Waals surface area contributed by atoms with E-state index in [4.69, 9.17) is 10.5 Å². The Morgan fingerprint density at radius 2 is 1.85 bits per heavy atom. The largest absolute Gasteiger partial charge is 0.456 e. The van der Waals surface area contributed by atoms with Gasteiger partial charge < -0.3 is 10.5 Å². The van der Waals surface area contributed by atoms with Gasteiger partial charge in [0.05, 0.1) is 5.56 Å². The summed E-state index contributed by atoms with van der Waals surface area (Å²) < 4.78 is 6.00. The second-order valence-corrected chi connectivity index (χ2v) is 4.81.